The molecule has 298 valence electrons. The average molecular weight is 743 g/mol. The first-order valence-electron chi connectivity index (χ1n) is 18.8. The van der Waals surface area contributed by atoms with Crippen LogP contribution >= 0.6 is 0 Å². The van der Waals surface area contributed by atoms with Gasteiger partial charge in [0.25, 0.3) is 0 Å². The second-order valence-corrected chi connectivity index (χ2v) is 15.8. The Kier molecular flexibility index (Phi) is 15.2. The molecule has 1 saturated heterocycles. The molecule has 4 aliphatic rings. The van der Waals surface area contributed by atoms with E-state index < -0.39 is 53.9 Å². The quantitative estimate of drug-likeness (QED) is 0.0975. The van der Waals surface area contributed by atoms with Crippen LogP contribution in [-0.2, 0) is 33.4 Å². The van der Waals surface area contributed by atoms with E-state index in [1.807, 2.05) is 6.92 Å². The highest BCUT2D eigenvalue weighted by Gasteiger charge is 2.46. The minimum Gasteiger partial charge on any atom is -0.379 e. The van der Waals surface area contributed by atoms with E-state index in [0.29, 0.717) is 57.8 Å². The van der Waals surface area contributed by atoms with Crippen molar-refractivity contribution in [3.8, 4) is 0 Å². The van der Waals surface area contributed by atoms with Crippen LogP contribution in [0.5, 0.6) is 0 Å². The van der Waals surface area contributed by atoms with Gasteiger partial charge in [0.1, 0.15) is 6.17 Å². The number of amides is 3. The van der Waals surface area contributed by atoms with Gasteiger partial charge < -0.3 is 24.4 Å². The number of carbonyl (C=O) groups is 4. The Morgan fingerprint density at radius 1 is 0.923 bits per heavy atom. The Labute approximate surface area is 307 Å². The van der Waals surface area contributed by atoms with Gasteiger partial charge in [-0.2, -0.15) is 5.90 Å². The molecule has 0 spiro atoms. The van der Waals surface area contributed by atoms with Crippen LogP contribution in [0, 0.1) is 11.8 Å². The summed E-state index contributed by atoms with van der Waals surface area (Å²) in [5.74, 6) is 15.9. The van der Waals surface area contributed by atoms with Crippen molar-refractivity contribution >= 4 is 23.7 Å². The van der Waals surface area contributed by atoms with Crippen LogP contribution < -0.4 is 28.3 Å². The van der Waals surface area contributed by atoms with Gasteiger partial charge in [-0.15, -0.1) is 0 Å². The molecule has 3 saturated carbocycles. The van der Waals surface area contributed by atoms with Crippen molar-refractivity contribution < 1.29 is 42.6 Å². The lowest BCUT2D eigenvalue weighted by Gasteiger charge is -2.46. The van der Waals surface area contributed by atoms with Gasteiger partial charge in [0.05, 0.1) is 48.4 Å². The largest absolute Gasteiger partial charge is 0.379 e. The molecular formula is C35H63FN8O8. The Morgan fingerprint density at radius 3 is 2.21 bits per heavy atom. The van der Waals surface area contributed by atoms with E-state index in [0.717, 1.165) is 22.9 Å². The number of carbonyl (C=O) groups excluding carboxylic acids is 4. The topological polar surface area (TPSA) is 217 Å². The zero-order valence-electron chi connectivity index (χ0n) is 31.8. The number of hydrogen-bond acceptors (Lipinski definition) is 13. The molecule has 4 fully saturated rings. The monoisotopic (exact) mass is 742 g/mol. The number of halogens is 1. The van der Waals surface area contributed by atoms with Gasteiger partial charge in [-0.25, -0.2) is 26.3 Å². The second kappa shape index (κ2) is 18.7. The summed E-state index contributed by atoms with van der Waals surface area (Å²) >= 11 is 0. The van der Waals surface area contributed by atoms with E-state index in [9.17, 15) is 23.6 Å². The van der Waals surface area contributed by atoms with Gasteiger partial charge in [-0.3, -0.25) is 29.4 Å². The lowest BCUT2D eigenvalue weighted by molar-refractivity contribution is -0.159. The Hall–Kier alpha value is -2.51. The number of methoxy groups -OCH3 is 3. The van der Waals surface area contributed by atoms with Crippen LogP contribution in [0.2, 0.25) is 0 Å². The number of alkyl halides is 1. The van der Waals surface area contributed by atoms with Gasteiger partial charge in [-0.05, 0) is 84.5 Å². The highest BCUT2D eigenvalue weighted by molar-refractivity contribution is 5.92. The zero-order chi connectivity index (χ0) is 38.3. The number of hydrogen-bond donors (Lipinski definition) is 5. The molecule has 11 atom stereocenters. The SMILES string of the molecule is COC1CCC([C@H](CC(=O)ON)N2NC(C)CC(CC(=O)C(C)(C)NC3CCC(N(N)C(=O)N(N)C4CCCCC4F)C(OC)C3)C2=O)CC1OC. The molecule has 0 aromatic rings. The van der Waals surface area contributed by atoms with Crippen molar-refractivity contribution in [3.05, 3.63) is 0 Å². The summed E-state index contributed by atoms with van der Waals surface area (Å²) in [4.78, 5) is 58.3. The van der Waals surface area contributed by atoms with Crippen LogP contribution in [0.15, 0.2) is 0 Å². The lowest BCUT2D eigenvalue weighted by Crippen LogP contribution is -2.64. The van der Waals surface area contributed by atoms with Crippen molar-refractivity contribution in [2.45, 2.75) is 164 Å². The Balaban J connectivity index is 1.39. The predicted molar refractivity (Wildman–Crippen MR) is 189 cm³/mol. The summed E-state index contributed by atoms with van der Waals surface area (Å²) in [6.07, 6.45) is 4.30. The fraction of sp³-hybridized carbons (Fsp3) is 0.886. The van der Waals surface area contributed by atoms with Crippen LogP contribution in [0.3, 0.4) is 0 Å². The van der Waals surface area contributed by atoms with Crippen molar-refractivity contribution in [1.82, 2.24) is 25.8 Å². The summed E-state index contributed by atoms with van der Waals surface area (Å²) in [6.45, 7) is 5.55. The summed E-state index contributed by atoms with van der Waals surface area (Å²) < 4.78 is 31.6. The molecular weight excluding hydrogens is 679 g/mol. The lowest BCUT2D eigenvalue weighted by atomic mass is 9.78. The molecule has 10 unspecified atom stereocenters. The Morgan fingerprint density at radius 2 is 1.58 bits per heavy atom. The van der Waals surface area contributed by atoms with Crippen molar-refractivity contribution in [2.75, 3.05) is 21.3 Å². The molecule has 0 aromatic heterocycles. The van der Waals surface area contributed by atoms with Gasteiger partial charge >= 0.3 is 12.0 Å². The second-order valence-electron chi connectivity index (χ2n) is 15.8. The third-order valence-electron chi connectivity index (χ3n) is 11.9. The molecule has 4 rings (SSSR count). The van der Waals surface area contributed by atoms with E-state index in [1.54, 1.807) is 35.2 Å². The molecule has 0 aromatic carbocycles. The van der Waals surface area contributed by atoms with E-state index in [2.05, 4.69) is 15.6 Å². The molecule has 3 amide bonds. The first-order valence-corrected chi connectivity index (χ1v) is 18.8. The van der Waals surface area contributed by atoms with Crippen LogP contribution in [-0.4, -0.2) is 120 Å². The van der Waals surface area contributed by atoms with Crippen molar-refractivity contribution in [2.24, 2.45) is 29.4 Å². The molecule has 52 heavy (non-hydrogen) atoms. The molecule has 16 nitrogen and oxygen atoms in total. The number of rotatable bonds is 14. The van der Waals surface area contributed by atoms with Crippen LogP contribution in [0.25, 0.3) is 0 Å². The zero-order valence-corrected chi connectivity index (χ0v) is 31.8. The van der Waals surface area contributed by atoms with Gasteiger partial charge in [0, 0.05) is 45.8 Å². The van der Waals surface area contributed by atoms with Crippen molar-refractivity contribution in [1.29, 1.82) is 0 Å². The first-order chi connectivity index (χ1) is 24.6. The summed E-state index contributed by atoms with van der Waals surface area (Å²) in [6, 6.07) is -2.71. The maximum Gasteiger partial charge on any atom is 0.348 e. The highest BCUT2D eigenvalue weighted by atomic mass is 19.1. The summed E-state index contributed by atoms with van der Waals surface area (Å²) in [5.41, 5.74) is 2.28. The van der Waals surface area contributed by atoms with E-state index in [-0.39, 0.29) is 54.7 Å². The fourth-order valence-corrected chi connectivity index (χ4v) is 8.88. The molecule has 8 N–H and O–H groups in total. The maximum absolute atomic E-state index is 14.6. The number of ketones is 1. The van der Waals surface area contributed by atoms with E-state index >= 15 is 0 Å². The number of nitrogens with two attached hydrogens (primary N) is 3. The molecule has 1 aliphatic heterocycles. The number of hydrazine groups is 3. The minimum atomic E-state index is -1.19. The van der Waals surface area contributed by atoms with Crippen molar-refractivity contribution in [3.63, 3.8) is 0 Å². The summed E-state index contributed by atoms with van der Waals surface area (Å²) in [7, 11) is 4.81. The van der Waals surface area contributed by atoms with Crippen LogP contribution in [0.4, 0.5) is 9.18 Å². The number of Topliss-reactive ketones (excluding diaryl/α,β-unsaturated/α-hetero) is 1. The highest BCUT2D eigenvalue weighted by Crippen LogP contribution is 2.36. The molecule has 1 heterocycles. The number of nitrogens with zero attached hydrogens (tertiary/aromatic N) is 3. The Bertz CT molecular complexity index is 1230. The van der Waals surface area contributed by atoms with Crippen LogP contribution in [0.1, 0.15) is 104 Å². The maximum atomic E-state index is 14.6. The minimum absolute atomic E-state index is 0.00369. The third kappa shape index (κ3) is 9.96. The third-order valence-corrected chi connectivity index (χ3v) is 11.9. The molecule has 0 bridgehead atoms. The predicted octanol–water partition coefficient (Wildman–Crippen LogP) is 1.75. The van der Waals surface area contributed by atoms with E-state index in [1.165, 1.54) is 5.01 Å². The average Bonchev–Trinajstić information content (AvgIpc) is 3.13. The van der Waals surface area contributed by atoms with Gasteiger partial charge in [0.2, 0.25) is 5.91 Å². The van der Waals surface area contributed by atoms with Gasteiger partial charge in [0.15, 0.2) is 5.78 Å². The first kappa shape index (κ1) is 42.2. The molecule has 0 radical (unpaired) electrons. The fourth-order valence-electron chi connectivity index (χ4n) is 8.88. The standard InChI is InChI=1S/C35H63FN8O8/c1-20-15-22(33(47)44(41-20)27(19-32(46)52-39)21-11-14-28(49-4)30(16-21)51-6)17-31(45)35(2,3)40-23-12-13-26(29(18-23)50-5)43(38)34(48)42(37)25-10-8-7-9-24(25)36/h20-30,40-41H,7-19,37-39H2,1-6H3/t20?,21?,22?,23?,24?,25?,26?,27-,28?,29?,30?/m0/s1. The molecule has 3 aliphatic carbocycles. The molecule has 17 heteroatoms. The summed E-state index contributed by atoms with van der Waals surface area (Å²) in [5, 5.41) is 7.01. The van der Waals surface area contributed by atoms with Gasteiger partial charge in [-0.1, -0.05) is 12.8 Å². The normalized spacial score (nSPS) is 33.7. The smallest absolute Gasteiger partial charge is 0.348 e. The van der Waals surface area contributed by atoms with E-state index in [4.69, 9.17) is 31.8 Å². The number of nitrogens with one attached hydrogen (secondary N) is 2. The number of urea groups is 1. The number of ether oxygens (including phenoxy) is 3.